The van der Waals surface area contributed by atoms with Crippen molar-refractivity contribution in [3.05, 3.63) is 81.8 Å². The number of benzene rings is 2. The van der Waals surface area contributed by atoms with Gasteiger partial charge in [0.15, 0.2) is 17.3 Å². The van der Waals surface area contributed by atoms with Crippen LogP contribution in [0.2, 0.25) is 5.02 Å². The molecule has 5 aliphatic heterocycles. The number of ether oxygens (including phenoxy) is 1. The summed E-state index contributed by atoms with van der Waals surface area (Å²) in [5.74, 6) is 0.882. The van der Waals surface area contributed by atoms with Gasteiger partial charge in [-0.3, -0.25) is 33.8 Å². The highest BCUT2D eigenvalue weighted by Crippen LogP contribution is 2.41. The first-order chi connectivity index (χ1) is 28.1. The molecule has 6 aliphatic rings. The van der Waals surface area contributed by atoms with E-state index in [2.05, 4.69) is 35.1 Å². The fraction of sp³-hybridized carbons (Fsp3) is 0.476. The maximum Gasteiger partial charge on any atom is 0.274 e. The number of nitrogens with one attached hydrogen (secondary N) is 1. The average molecular weight is 806 g/mol. The van der Waals surface area contributed by atoms with Crippen molar-refractivity contribution in [2.75, 3.05) is 75.2 Å². The van der Waals surface area contributed by atoms with E-state index in [-0.39, 0.29) is 25.0 Å². The number of carbonyl (C=O) groups is 5. The number of imide groups is 1. The number of hydrogen-bond donors (Lipinski definition) is 1. The van der Waals surface area contributed by atoms with E-state index in [4.69, 9.17) is 22.9 Å². The monoisotopic (exact) mass is 805 g/mol. The number of piperazine rings is 1. The molecule has 1 aliphatic carbocycles. The Labute approximate surface area is 341 Å². The highest BCUT2D eigenvalue weighted by molar-refractivity contribution is 6.33. The topological polar surface area (TPSA) is 153 Å². The molecule has 2 unspecified atom stereocenters. The Morgan fingerprint density at radius 1 is 0.862 bits per heavy atom. The number of rotatable bonds is 8. The second-order valence-corrected chi connectivity index (χ2v) is 16.7. The van der Waals surface area contributed by atoms with Crippen LogP contribution in [-0.4, -0.2) is 132 Å². The van der Waals surface area contributed by atoms with Gasteiger partial charge in [0.1, 0.15) is 11.8 Å². The van der Waals surface area contributed by atoms with Gasteiger partial charge in [-0.15, -0.1) is 10.2 Å². The van der Waals surface area contributed by atoms with E-state index in [1.807, 2.05) is 17.0 Å². The molecule has 1 saturated carbocycles. The Hall–Kier alpha value is -5.59. The molecule has 1 N–H and O–H groups in total. The smallest absolute Gasteiger partial charge is 0.274 e. The number of hydrogen-bond acceptors (Lipinski definition) is 11. The van der Waals surface area contributed by atoms with Crippen molar-refractivity contribution < 1.29 is 28.7 Å². The molecule has 0 spiro atoms. The predicted octanol–water partition coefficient (Wildman–Crippen LogP) is 3.70. The number of amides is 4. The van der Waals surface area contributed by atoms with Gasteiger partial charge >= 0.3 is 0 Å². The fourth-order valence-corrected chi connectivity index (χ4v) is 9.86. The first-order valence-electron chi connectivity index (χ1n) is 20.1. The molecule has 4 atom stereocenters. The van der Waals surface area contributed by atoms with Crippen molar-refractivity contribution in [3.8, 4) is 5.75 Å². The summed E-state index contributed by atoms with van der Waals surface area (Å²) in [6, 6.07) is 13.2. The van der Waals surface area contributed by atoms with Gasteiger partial charge in [-0.1, -0.05) is 17.7 Å². The molecule has 2 aromatic carbocycles. The lowest BCUT2D eigenvalue weighted by atomic mass is 9.96. The zero-order valence-corrected chi connectivity index (χ0v) is 32.8. The van der Waals surface area contributed by atoms with Crippen LogP contribution in [0.3, 0.4) is 0 Å². The van der Waals surface area contributed by atoms with E-state index < -0.39 is 29.5 Å². The number of piperidine rings is 2. The summed E-state index contributed by atoms with van der Waals surface area (Å²) in [5, 5.41) is 11.8. The van der Waals surface area contributed by atoms with E-state index >= 15 is 0 Å². The van der Waals surface area contributed by atoms with E-state index in [9.17, 15) is 24.0 Å². The lowest BCUT2D eigenvalue weighted by Gasteiger charge is -2.39. The molecule has 16 heteroatoms. The van der Waals surface area contributed by atoms with Crippen LogP contribution in [0.25, 0.3) is 4.85 Å². The Balaban J connectivity index is 0.709. The number of fused-ring (bicyclic) bond motifs is 2. The van der Waals surface area contributed by atoms with Gasteiger partial charge in [-0.25, -0.2) is 4.85 Å². The highest BCUT2D eigenvalue weighted by atomic mass is 35.5. The van der Waals surface area contributed by atoms with Crippen molar-refractivity contribution >= 4 is 58.2 Å². The number of Topliss-reactive ketones (excluding diaryl/α,β-unsaturated/α-hetero) is 1. The number of anilines is 2. The van der Waals surface area contributed by atoms with Crippen molar-refractivity contribution in [3.63, 3.8) is 0 Å². The number of carbonyl (C=O) groups excluding carboxylic acids is 5. The van der Waals surface area contributed by atoms with Gasteiger partial charge in [0.05, 0.1) is 35.2 Å². The lowest BCUT2D eigenvalue weighted by Crippen LogP contribution is -2.55. The molecule has 0 radical (unpaired) electrons. The first-order valence-corrected chi connectivity index (χ1v) is 20.5. The third-order valence-electron chi connectivity index (χ3n) is 12.8. The Kier molecular flexibility index (Phi) is 10.2. The summed E-state index contributed by atoms with van der Waals surface area (Å²) >= 11 is 6.19. The average Bonchev–Trinajstić information content (AvgIpc) is 3.88. The van der Waals surface area contributed by atoms with Crippen LogP contribution in [0, 0.1) is 24.3 Å². The summed E-state index contributed by atoms with van der Waals surface area (Å²) in [5.41, 5.74) is 2.25. The maximum atomic E-state index is 13.4. The standard InChI is InChI=1S/C42H44ClN9O6/c1-44-34-5-3-29(19-33(34)43)58-30-16-26-23-51(24-27(26)17-30)42(57)35-6-7-38(47-46-35)50-10-8-25(9-11-50)22-48-12-14-49(15-13-48)28-2-4-31-32(18-28)41(56)52(40(31)55)36-21-45-39(54)20-37(36)53/h2-7,18-19,25-27,30,36H,8-17,20-24H2,(H,45,54)/t26-,27+,30?,36?. The lowest BCUT2D eigenvalue weighted by molar-refractivity contribution is -0.133. The van der Waals surface area contributed by atoms with Gasteiger partial charge in [0.2, 0.25) is 11.6 Å². The normalized spacial score (nSPS) is 25.2. The Morgan fingerprint density at radius 3 is 2.28 bits per heavy atom. The van der Waals surface area contributed by atoms with Crippen LogP contribution in [0.5, 0.6) is 5.75 Å². The van der Waals surface area contributed by atoms with Crippen LogP contribution in [0.4, 0.5) is 17.2 Å². The third-order valence-corrected chi connectivity index (χ3v) is 13.1. The number of aromatic nitrogens is 2. The highest BCUT2D eigenvalue weighted by Gasteiger charge is 2.45. The third kappa shape index (κ3) is 7.35. The summed E-state index contributed by atoms with van der Waals surface area (Å²) in [7, 11) is 0. The molecule has 300 valence electrons. The van der Waals surface area contributed by atoms with Crippen molar-refractivity contribution in [2.45, 2.75) is 44.2 Å². The SMILES string of the molecule is [C-]#[N+]c1ccc(OC2C[C@@H]3CN(C(=O)c4ccc(N5CCC(CN6CCN(c7ccc8c(c7)C(=O)N(C7CNC(=O)CC7=O)C8=O)CC6)CC5)nn4)C[C@@H]3C2)cc1Cl. The number of ketones is 1. The number of likely N-dealkylation sites (tertiary alicyclic amines) is 1. The summed E-state index contributed by atoms with van der Waals surface area (Å²) in [4.78, 5) is 77.2. The van der Waals surface area contributed by atoms with Gasteiger partial charge < -0.3 is 24.8 Å². The summed E-state index contributed by atoms with van der Waals surface area (Å²) in [6.07, 6.45) is 3.53. The van der Waals surface area contributed by atoms with Crippen LogP contribution >= 0.6 is 11.6 Å². The summed E-state index contributed by atoms with van der Waals surface area (Å²) < 4.78 is 6.19. The molecular weight excluding hydrogens is 762 g/mol. The van der Waals surface area contributed by atoms with Crippen LogP contribution < -0.4 is 19.9 Å². The molecule has 15 nitrogen and oxygen atoms in total. The van der Waals surface area contributed by atoms with Gasteiger partial charge in [0.25, 0.3) is 17.7 Å². The fourth-order valence-electron chi connectivity index (χ4n) is 9.64. The molecule has 1 aromatic heterocycles. The summed E-state index contributed by atoms with van der Waals surface area (Å²) in [6.45, 7) is 14.6. The second kappa shape index (κ2) is 15.6. The van der Waals surface area contributed by atoms with E-state index in [1.165, 1.54) is 0 Å². The minimum absolute atomic E-state index is 0.0540. The van der Waals surface area contributed by atoms with E-state index in [1.54, 1.807) is 36.4 Å². The number of halogens is 1. The second-order valence-electron chi connectivity index (χ2n) is 16.3. The van der Waals surface area contributed by atoms with Crippen molar-refractivity contribution in [1.29, 1.82) is 0 Å². The quantitative estimate of drug-likeness (QED) is 0.202. The van der Waals surface area contributed by atoms with Crippen LogP contribution in [0.1, 0.15) is 63.3 Å². The zero-order valence-electron chi connectivity index (χ0n) is 32.0. The number of nitrogens with zero attached hydrogens (tertiary/aromatic N) is 8. The van der Waals surface area contributed by atoms with Crippen molar-refractivity contribution in [2.24, 2.45) is 17.8 Å². The van der Waals surface area contributed by atoms with E-state index in [0.29, 0.717) is 64.1 Å². The molecule has 9 rings (SSSR count). The maximum absolute atomic E-state index is 13.4. The molecule has 4 amide bonds. The van der Waals surface area contributed by atoms with Crippen LogP contribution in [-0.2, 0) is 9.59 Å². The van der Waals surface area contributed by atoms with E-state index in [0.717, 1.165) is 87.9 Å². The predicted molar refractivity (Wildman–Crippen MR) is 213 cm³/mol. The molecule has 4 saturated heterocycles. The van der Waals surface area contributed by atoms with Gasteiger partial charge in [-0.05, 0) is 85.9 Å². The van der Waals surface area contributed by atoms with Crippen LogP contribution in [0.15, 0.2) is 48.5 Å². The molecular formula is C42H44ClN9O6. The minimum atomic E-state index is -0.976. The molecule has 58 heavy (non-hydrogen) atoms. The minimum Gasteiger partial charge on any atom is -0.490 e. The largest absolute Gasteiger partial charge is 0.490 e. The molecule has 3 aromatic rings. The first kappa shape index (κ1) is 38.0. The van der Waals surface area contributed by atoms with Gasteiger partial charge in [-0.2, -0.15) is 0 Å². The van der Waals surface area contributed by atoms with Gasteiger partial charge in [0, 0.05) is 71.1 Å². The Bertz CT molecular complexity index is 2180. The Morgan fingerprint density at radius 2 is 1.60 bits per heavy atom. The molecule has 0 bridgehead atoms. The van der Waals surface area contributed by atoms with Crippen molar-refractivity contribution in [1.82, 2.24) is 30.2 Å². The molecule has 5 fully saturated rings. The molecule has 6 heterocycles. The zero-order chi connectivity index (χ0) is 40.1.